The maximum Gasteiger partial charge on any atom is 0.155 e. The van der Waals surface area contributed by atoms with Crippen molar-refractivity contribution in [3.8, 4) is 34.0 Å². The van der Waals surface area contributed by atoms with Crippen molar-refractivity contribution in [1.29, 1.82) is 0 Å². The van der Waals surface area contributed by atoms with Gasteiger partial charge in [0, 0.05) is 23.5 Å². The molecule has 0 bridgehead atoms. The van der Waals surface area contributed by atoms with Crippen LogP contribution in [-0.4, -0.2) is 15.0 Å². The Labute approximate surface area is 187 Å². The van der Waals surface area contributed by atoms with Crippen molar-refractivity contribution in [2.24, 2.45) is 0 Å². The van der Waals surface area contributed by atoms with Crippen molar-refractivity contribution >= 4 is 10.9 Å². The first-order chi connectivity index (χ1) is 15.6. The molecule has 4 heteroatoms. The minimum Gasteiger partial charge on any atom is -0.454 e. The molecule has 0 N–H and O–H groups in total. The molecule has 3 heterocycles. The summed E-state index contributed by atoms with van der Waals surface area (Å²) in [5.74, 6) is 1.43. The first-order valence-electron chi connectivity index (χ1n) is 10.6. The van der Waals surface area contributed by atoms with Gasteiger partial charge in [0.2, 0.25) is 0 Å². The third kappa shape index (κ3) is 3.83. The summed E-state index contributed by atoms with van der Waals surface area (Å²) in [4.78, 5) is 13.8. The lowest BCUT2D eigenvalue weighted by atomic mass is 10.0. The molecule has 32 heavy (non-hydrogen) atoms. The molecule has 0 radical (unpaired) electrons. The van der Waals surface area contributed by atoms with Crippen LogP contribution in [0.2, 0.25) is 0 Å². The van der Waals surface area contributed by atoms with Gasteiger partial charge < -0.3 is 4.74 Å². The molecule has 2 aromatic carbocycles. The Hall–Kier alpha value is -4.05. The van der Waals surface area contributed by atoms with Crippen molar-refractivity contribution < 1.29 is 4.74 Å². The predicted octanol–water partition coefficient (Wildman–Crippen LogP) is 7.08. The van der Waals surface area contributed by atoms with Gasteiger partial charge >= 0.3 is 0 Å². The van der Waals surface area contributed by atoms with Gasteiger partial charge in [-0.2, -0.15) is 0 Å². The normalized spacial score (nSPS) is 11.0. The number of aromatic nitrogens is 3. The molecule has 0 aliphatic rings. The third-order valence-corrected chi connectivity index (χ3v) is 5.65. The lowest BCUT2D eigenvalue weighted by molar-refractivity contribution is 0.486. The zero-order valence-corrected chi connectivity index (χ0v) is 18.3. The van der Waals surface area contributed by atoms with Crippen molar-refractivity contribution in [2.45, 2.75) is 20.8 Å². The van der Waals surface area contributed by atoms with Gasteiger partial charge in [-0.1, -0.05) is 42.0 Å². The van der Waals surface area contributed by atoms with E-state index in [1.54, 1.807) is 12.4 Å². The smallest absolute Gasteiger partial charge is 0.155 e. The van der Waals surface area contributed by atoms with E-state index in [1.807, 2.05) is 44.2 Å². The largest absolute Gasteiger partial charge is 0.454 e. The van der Waals surface area contributed by atoms with E-state index >= 15 is 0 Å². The summed E-state index contributed by atoms with van der Waals surface area (Å²) in [6.45, 7) is 6.13. The van der Waals surface area contributed by atoms with E-state index in [0.29, 0.717) is 5.75 Å². The van der Waals surface area contributed by atoms with Crippen LogP contribution in [0.25, 0.3) is 33.4 Å². The van der Waals surface area contributed by atoms with Crippen molar-refractivity contribution in [2.75, 3.05) is 0 Å². The van der Waals surface area contributed by atoms with E-state index in [4.69, 9.17) is 9.72 Å². The number of pyridine rings is 3. The minimum absolute atomic E-state index is 0.682. The molecule has 4 nitrogen and oxygen atoms in total. The van der Waals surface area contributed by atoms with Crippen LogP contribution in [0.1, 0.15) is 16.8 Å². The fourth-order valence-electron chi connectivity index (χ4n) is 3.70. The number of benzene rings is 2. The molecule has 0 saturated carbocycles. The molecule has 0 fully saturated rings. The second-order valence-corrected chi connectivity index (χ2v) is 7.96. The van der Waals surface area contributed by atoms with E-state index in [9.17, 15) is 0 Å². The Morgan fingerprint density at radius 1 is 0.688 bits per heavy atom. The topological polar surface area (TPSA) is 47.9 Å². The Bertz CT molecular complexity index is 1410. The highest BCUT2D eigenvalue weighted by Crippen LogP contribution is 2.36. The highest BCUT2D eigenvalue weighted by molar-refractivity contribution is 5.89. The zero-order chi connectivity index (χ0) is 22.1. The third-order valence-electron chi connectivity index (χ3n) is 5.65. The average Bonchev–Trinajstić information content (AvgIpc) is 2.82. The van der Waals surface area contributed by atoms with Crippen molar-refractivity contribution in [1.82, 2.24) is 15.0 Å². The van der Waals surface area contributed by atoms with Gasteiger partial charge in [-0.05, 0) is 73.9 Å². The second kappa shape index (κ2) is 8.23. The van der Waals surface area contributed by atoms with Gasteiger partial charge in [-0.3, -0.25) is 9.97 Å². The van der Waals surface area contributed by atoms with Crippen LogP contribution in [0.4, 0.5) is 0 Å². The highest BCUT2D eigenvalue weighted by atomic mass is 16.5. The standard InChI is InChI=1S/C28H23N3O/c1-18-7-9-21(10-8-18)22-11-12-23-25(17-22)30-15-13-26(23)32-27-16-19(2)20(3)31-28(27)24-6-4-5-14-29-24/h4-17H,1-3H3. The molecule has 0 saturated heterocycles. The summed E-state index contributed by atoms with van der Waals surface area (Å²) in [6, 6.07) is 24.5. The fraction of sp³-hybridized carbons (Fsp3) is 0.107. The van der Waals surface area contributed by atoms with E-state index in [2.05, 4.69) is 59.4 Å². The SMILES string of the molecule is Cc1ccc(-c2ccc3c(Oc4cc(C)c(C)nc4-c4ccccn4)ccnc3c2)cc1. The summed E-state index contributed by atoms with van der Waals surface area (Å²) >= 11 is 0. The maximum atomic E-state index is 6.43. The molecule has 5 aromatic rings. The molecular weight excluding hydrogens is 394 g/mol. The molecule has 3 aromatic heterocycles. The number of fused-ring (bicyclic) bond motifs is 1. The number of nitrogens with zero attached hydrogens (tertiary/aromatic N) is 3. The lowest BCUT2D eigenvalue weighted by Crippen LogP contribution is -1.98. The Balaban J connectivity index is 1.58. The average molecular weight is 418 g/mol. The van der Waals surface area contributed by atoms with E-state index in [1.165, 1.54) is 11.1 Å². The first kappa shape index (κ1) is 19.9. The Morgan fingerprint density at radius 3 is 2.28 bits per heavy atom. The number of rotatable bonds is 4. The van der Waals surface area contributed by atoms with Crippen LogP contribution in [0.15, 0.2) is 85.2 Å². The van der Waals surface area contributed by atoms with Crippen LogP contribution in [0.3, 0.4) is 0 Å². The van der Waals surface area contributed by atoms with Gasteiger partial charge in [0.15, 0.2) is 5.75 Å². The zero-order valence-electron chi connectivity index (χ0n) is 18.3. The lowest BCUT2D eigenvalue weighted by Gasteiger charge is -2.14. The summed E-state index contributed by atoms with van der Waals surface area (Å²) < 4.78 is 6.43. The number of hydrogen-bond acceptors (Lipinski definition) is 4. The molecule has 0 amide bonds. The molecule has 5 rings (SSSR count). The van der Waals surface area contributed by atoms with Crippen LogP contribution in [-0.2, 0) is 0 Å². The summed E-state index contributed by atoms with van der Waals surface area (Å²) in [7, 11) is 0. The molecule has 156 valence electrons. The van der Waals surface area contributed by atoms with E-state index in [0.717, 1.165) is 44.9 Å². The molecule has 0 atom stereocenters. The fourth-order valence-corrected chi connectivity index (χ4v) is 3.70. The van der Waals surface area contributed by atoms with Gasteiger partial charge in [0.25, 0.3) is 0 Å². The number of aryl methyl sites for hydroxylation is 3. The minimum atomic E-state index is 0.682. The van der Waals surface area contributed by atoms with Gasteiger partial charge in [-0.15, -0.1) is 0 Å². The molecule has 0 aliphatic carbocycles. The number of ether oxygens (including phenoxy) is 1. The second-order valence-electron chi connectivity index (χ2n) is 7.96. The van der Waals surface area contributed by atoms with Crippen LogP contribution in [0, 0.1) is 20.8 Å². The van der Waals surface area contributed by atoms with Crippen molar-refractivity contribution in [3.63, 3.8) is 0 Å². The summed E-state index contributed by atoms with van der Waals surface area (Å²) in [5.41, 5.74) is 7.97. The van der Waals surface area contributed by atoms with Crippen molar-refractivity contribution in [3.05, 3.63) is 102 Å². The van der Waals surface area contributed by atoms with Gasteiger partial charge in [0.05, 0.1) is 11.2 Å². The maximum absolute atomic E-state index is 6.43. The summed E-state index contributed by atoms with van der Waals surface area (Å²) in [5, 5.41) is 0.952. The van der Waals surface area contributed by atoms with Gasteiger partial charge in [0.1, 0.15) is 11.4 Å². The van der Waals surface area contributed by atoms with Crippen LogP contribution < -0.4 is 4.74 Å². The Morgan fingerprint density at radius 2 is 1.50 bits per heavy atom. The van der Waals surface area contributed by atoms with E-state index in [-0.39, 0.29) is 0 Å². The van der Waals surface area contributed by atoms with Crippen LogP contribution >= 0.6 is 0 Å². The molecule has 0 aliphatic heterocycles. The monoisotopic (exact) mass is 417 g/mol. The summed E-state index contributed by atoms with van der Waals surface area (Å²) in [6.07, 6.45) is 3.55. The van der Waals surface area contributed by atoms with Crippen LogP contribution in [0.5, 0.6) is 11.5 Å². The number of hydrogen-bond donors (Lipinski definition) is 0. The molecule has 0 spiro atoms. The molecular formula is C28H23N3O. The molecule has 0 unspecified atom stereocenters. The van der Waals surface area contributed by atoms with Gasteiger partial charge in [-0.25, -0.2) is 4.98 Å². The predicted molar refractivity (Wildman–Crippen MR) is 129 cm³/mol. The quantitative estimate of drug-likeness (QED) is 0.314. The Kier molecular flexibility index (Phi) is 5.12. The highest BCUT2D eigenvalue weighted by Gasteiger charge is 2.15. The van der Waals surface area contributed by atoms with E-state index < -0.39 is 0 Å². The first-order valence-corrected chi connectivity index (χ1v) is 10.6.